The summed E-state index contributed by atoms with van der Waals surface area (Å²) in [5.41, 5.74) is 5.73. The molecule has 2 atom stereocenters. The van der Waals surface area contributed by atoms with Gasteiger partial charge in [-0.05, 0) is 72.7 Å². The van der Waals surface area contributed by atoms with E-state index in [9.17, 15) is 9.59 Å². The number of rotatable bonds is 8. The fourth-order valence-corrected chi connectivity index (χ4v) is 5.55. The quantitative estimate of drug-likeness (QED) is 0.464. The van der Waals surface area contributed by atoms with Gasteiger partial charge in [0.05, 0.1) is 25.2 Å². The van der Waals surface area contributed by atoms with Crippen LogP contribution in [0.4, 0.5) is 0 Å². The van der Waals surface area contributed by atoms with Crippen LogP contribution in [0.3, 0.4) is 0 Å². The molecule has 6 nitrogen and oxygen atoms in total. The first kappa shape index (κ1) is 24.9. The van der Waals surface area contributed by atoms with Crippen molar-refractivity contribution in [2.45, 2.75) is 52.1 Å². The molecule has 0 spiro atoms. The number of nitrogens with one attached hydrogen (secondary N) is 1. The number of fused-ring (bicyclic) bond motifs is 4. The molecule has 0 bridgehead atoms. The van der Waals surface area contributed by atoms with Gasteiger partial charge in [0.2, 0.25) is 5.91 Å². The van der Waals surface area contributed by atoms with Gasteiger partial charge in [-0.15, -0.1) is 0 Å². The number of ether oxygens (including phenoxy) is 2. The molecule has 2 aliphatic heterocycles. The highest BCUT2D eigenvalue weighted by atomic mass is 16.5. The maximum absolute atomic E-state index is 13.9. The van der Waals surface area contributed by atoms with Gasteiger partial charge in [-0.3, -0.25) is 9.59 Å². The molecular weight excluding hydrogens is 464 g/mol. The Morgan fingerprint density at radius 3 is 2.30 bits per heavy atom. The first-order valence-corrected chi connectivity index (χ1v) is 13.2. The maximum atomic E-state index is 13.9. The number of nitrogens with zero attached hydrogens (tertiary/aromatic N) is 1. The molecule has 0 aliphatic carbocycles. The molecular formula is C31H34N2O4. The van der Waals surface area contributed by atoms with Gasteiger partial charge in [-0.2, -0.15) is 0 Å². The maximum Gasteiger partial charge on any atom is 0.254 e. The molecule has 0 saturated carbocycles. The third-order valence-corrected chi connectivity index (χ3v) is 7.37. The van der Waals surface area contributed by atoms with Crippen molar-refractivity contribution in [3.63, 3.8) is 0 Å². The zero-order valence-corrected chi connectivity index (χ0v) is 21.8. The second-order valence-electron chi connectivity index (χ2n) is 9.51. The standard InChI is InChI=1S/C31H34N2O4/c1-4-20-11-13-21(14-12-20)19-32-30(34)28-23-9-7-8-10-24(23)31(35)33-16-15-22-17-26(36-5-2)27(37-6-3)18-25(22)29(28)33/h7-14,17-18,28-29H,4-6,15-16,19H2,1-3H3,(H,32,34). The second-order valence-corrected chi connectivity index (χ2v) is 9.51. The van der Waals surface area contributed by atoms with Crippen molar-refractivity contribution in [3.05, 3.63) is 94.0 Å². The molecule has 0 saturated heterocycles. The van der Waals surface area contributed by atoms with Crippen LogP contribution in [0.1, 0.15) is 70.9 Å². The molecule has 2 heterocycles. The van der Waals surface area contributed by atoms with E-state index in [-0.39, 0.29) is 11.8 Å². The summed E-state index contributed by atoms with van der Waals surface area (Å²) < 4.78 is 11.8. The summed E-state index contributed by atoms with van der Waals surface area (Å²) in [6, 6.07) is 19.4. The number of carbonyl (C=O) groups is 2. The third-order valence-electron chi connectivity index (χ3n) is 7.37. The van der Waals surface area contributed by atoms with Crippen molar-refractivity contribution in [2.75, 3.05) is 19.8 Å². The number of hydrogen-bond acceptors (Lipinski definition) is 4. The van der Waals surface area contributed by atoms with Crippen LogP contribution in [0.5, 0.6) is 11.5 Å². The van der Waals surface area contributed by atoms with Crippen LogP contribution in [0.25, 0.3) is 0 Å². The van der Waals surface area contributed by atoms with Gasteiger partial charge in [0, 0.05) is 18.7 Å². The second kappa shape index (κ2) is 10.7. The molecule has 0 aromatic heterocycles. The zero-order chi connectivity index (χ0) is 25.9. The lowest BCUT2D eigenvalue weighted by molar-refractivity contribution is -0.124. The van der Waals surface area contributed by atoms with Crippen LogP contribution in [-0.2, 0) is 24.2 Å². The Hall–Kier alpha value is -3.80. The molecule has 3 aromatic rings. The molecule has 0 radical (unpaired) electrons. The molecule has 5 rings (SSSR count). The Morgan fingerprint density at radius 2 is 1.59 bits per heavy atom. The first-order valence-electron chi connectivity index (χ1n) is 13.2. The molecule has 2 aliphatic rings. The summed E-state index contributed by atoms with van der Waals surface area (Å²) >= 11 is 0. The molecule has 6 heteroatoms. The fraction of sp³-hybridized carbons (Fsp3) is 0.355. The molecule has 37 heavy (non-hydrogen) atoms. The number of aryl methyl sites for hydroxylation is 1. The van der Waals surface area contributed by atoms with E-state index in [2.05, 4.69) is 36.5 Å². The van der Waals surface area contributed by atoms with Gasteiger partial charge in [0.25, 0.3) is 5.91 Å². The Bertz CT molecular complexity index is 1300. The predicted molar refractivity (Wildman–Crippen MR) is 143 cm³/mol. The van der Waals surface area contributed by atoms with Gasteiger partial charge in [0.1, 0.15) is 0 Å². The fourth-order valence-electron chi connectivity index (χ4n) is 5.55. The normalized spacial score (nSPS) is 17.9. The molecule has 192 valence electrons. The minimum absolute atomic E-state index is 0.0303. The van der Waals surface area contributed by atoms with E-state index < -0.39 is 12.0 Å². The lowest BCUT2D eigenvalue weighted by atomic mass is 9.75. The summed E-state index contributed by atoms with van der Waals surface area (Å²) in [6.07, 6.45) is 1.68. The Balaban J connectivity index is 1.54. The van der Waals surface area contributed by atoms with Crippen molar-refractivity contribution < 1.29 is 19.1 Å². The highest BCUT2D eigenvalue weighted by Crippen LogP contribution is 2.48. The van der Waals surface area contributed by atoms with Gasteiger partial charge in [-0.1, -0.05) is 49.4 Å². The van der Waals surface area contributed by atoms with Crippen molar-refractivity contribution in [1.29, 1.82) is 0 Å². The Labute approximate surface area is 218 Å². The Morgan fingerprint density at radius 1 is 0.919 bits per heavy atom. The smallest absolute Gasteiger partial charge is 0.254 e. The highest BCUT2D eigenvalue weighted by molar-refractivity contribution is 6.01. The van der Waals surface area contributed by atoms with E-state index in [1.54, 1.807) is 0 Å². The van der Waals surface area contributed by atoms with Crippen LogP contribution >= 0.6 is 0 Å². The van der Waals surface area contributed by atoms with E-state index in [0.717, 1.165) is 28.7 Å². The predicted octanol–water partition coefficient (Wildman–Crippen LogP) is 5.20. The van der Waals surface area contributed by atoms with E-state index in [4.69, 9.17) is 9.47 Å². The number of amides is 2. The SMILES string of the molecule is CCOc1cc2c(cc1OCC)C1C(C(=O)NCc3ccc(CC)cc3)c3ccccc3C(=O)N1CC2. The molecule has 1 N–H and O–H groups in total. The van der Waals surface area contributed by atoms with Crippen LogP contribution < -0.4 is 14.8 Å². The highest BCUT2D eigenvalue weighted by Gasteiger charge is 2.46. The molecule has 2 unspecified atom stereocenters. The summed E-state index contributed by atoms with van der Waals surface area (Å²) in [7, 11) is 0. The number of carbonyl (C=O) groups excluding carboxylic acids is 2. The topological polar surface area (TPSA) is 67.9 Å². The summed E-state index contributed by atoms with van der Waals surface area (Å²) in [6.45, 7) is 8.02. The lowest BCUT2D eigenvalue weighted by Crippen LogP contribution is -2.50. The van der Waals surface area contributed by atoms with Crippen molar-refractivity contribution in [2.24, 2.45) is 0 Å². The molecule has 3 aromatic carbocycles. The van der Waals surface area contributed by atoms with Crippen molar-refractivity contribution >= 4 is 11.8 Å². The van der Waals surface area contributed by atoms with Crippen molar-refractivity contribution in [3.8, 4) is 11.5 Å². The summed E-state index contributed by atoms with van der Waals surface area (Å²) in [5.74, 6) is 0.698. The average molecular weight is 499 g/mol. The van der Waals surface area contributed by atoms with Crippen molar-refractivity contribution in [1.82, 2.24) is 10.2 Å². The summed E-state index contributed by atoms with van der Waals surface area (Å²) in [4.78, 5) is 29.4. The number of benzene rings is 3. The van der Waals surface area contributed by atoms with E-state index in [1.807, 2.05) is 55.1 Å². The molecule has 2 amide bonds. The summed E-state index contributed by atoms with van der Waals surface area (Å²) in [5, 5.41) is 3.16. The van der Waals surface area contributed by atoms with E-state index >= 15 is 0 Å². The third kappa shape index (κ3) is 4.68. The minimum atomic E-state index is -0.532. The van der Waals surface area contributed by atoms with Crippen LogP contribution in [0, 0.1) is 0 Å². The van der Waals surface area contributed by atoms with Gasteiger partial charge < -0.3 is 19.7 Å². The number of hydrogen-bond donors (Lipinski definition) is 1. The molecule has 0 fully saturated rings. The van der Waals surface area contributed by atoms with Crippen LogP contribution in [0.15, 0.2) is 60.7 Å². The average Bonchev–Trinajstić information content (AvgIpc) is 2.93. The minimum Gasteiger partial charge on any atom is -0.490 e. The van der Waals surface area contributed by atoms with Gasteiger partial charge in [0.15, 0.2) is 11.5 Å². The van der Waals surface area contributed by atoms with Gasteiger partial charge in [-0.25, -0.2) is 0 Å². The van der Waals surface area contributed by atoms with Gasteiger partial charge >= 0.3 is 0 Å². The van der Waals surface area contributed by atoms with E-state index in [0.29, 0.717) is 49.8 Å². The first-order chi connectivity index (χ1) is 18.0. The monoisotopic (exact) mass is 498 g/mol. The van der Waals surface area contributed by atoms with Crippen LogP contribution in [0.2, 0.25) is 0 Å². The lowest BCUT2D eigenvalue weighted by Gasteiger charge is -2.45. The largest absolute Gasteiger partial charge is 0.490 e. The van der Waals surface area contributed by atoms with E-state index in [1.165, 1.54) is 5.56 Å². The zero-order valence-electron chi connectivity index (χ0n) is 21.8. The van der Waals surface area contributed by atoms with Crippen LogP contribution in [-0.4, -0.2) is 36.5 Å². The Kier molecular flexibility index (Phi) is 7.17.